The first-order chi connectivity index (χ1) is 17.3. The molecular weight excluding hydrogens is 440 g/mol. The maximum atomic E-state index is 11.9. The number of carbonyl (C=O) groups excluding carboxylic acids is 1. The Balaban J connectivity index is 1.31. The van der Waals surface area contributed by atoms with Crippen LogP contribution in [0.5, 0.6) is 0 Å². The molecule has 200 valence electrons. The second kappa shape index (κ2) is 20.5. The number of rotatable bonds is 21. The SMILES string of the molecule is CCCCCCCCCCCCCCCCOCC1COC(COC(=O)NCc2ccccn2)C1. The van der Waals surface area contributed by atoms with Crippen molar-refractivity contribution in [3.8, 4) is 0 Å². The van der Waals surface area contributed by atoms with Gasteiger partial charge in [-0.3, -0.25) is 4.98 Å². The summed E-state index contributed by atoms with van der Waals surface area (Å²) in [6.07, 6.45) is 21.4. The van der Waals surface area contributed by atoms with Crippen molar-refractivity contribution in [2.24, 2.45) is 5.92 Å². The maximum Gasteiger partial charge on any atom is 0.407 e. The van der Waals surface area contributed by atoms with Crippen LogP contribution in [-0.2, 0) is 20.8 Å². The number of carbonyl (C=O) groups is 1. The van der Waals surface area contributed by atoms with Crippen molar-refractivity contribution in [1.82, 2.24) is 10.3 Å². The molecule has 1 aliphatic heterocycles. The van der Waals surface area contributed by atoms with Crippen LogP contribution >= 0.6 is 0 Å². The lowest BCUT2D eigenvalue weighted by molar-refractivity contribution is 0.0391. The third-order valence-corrected chi connectivity index (χ3v) is 6.70. The fraction of sp³-hybridized carbons (Fsp3) is 0.793. The molecule has 1 N–H and O–H groups in total. The van der Waals surface area contributed by atoms with Crippen LogP contribution in [0.4, 0.5) is 4.79 Å². The van der Waals surface area contributed by atoms with Gasteiger partial charge in [0.15, 0.2) is 0 Å². The van der Waals surface area contributed by atoms with Crippen molar-refractivity contribution in [2.75, 3.05) is 26.4 Å². The molecule has 6 heteroatoms. The Kier molecular flexibility index (Phi) is 17.3. The number of pyridine rings is 1. The average Bonchev–Trinajstić information content (AvgIpc) is 3.34. The molecule has 2 atom stereocenters. The van der Waals surface area contributed by atoms with Crippen LogP contribution in [0.3, 0.4) is 0 Å². The Morgan fingerprint density at radius 1 is 0.943 bits per heavy atom. The Hall–Kier alpha value is -1.66. The number of nitrogens with zero attached hydrogens (tertiary/aromatic N) is 1. The molecule has 2 heterocycles. The second-order valence-electron chi connectivity index (χ2n) is 10.0. The molecule has 1 aliphatic rings. The average molecular weight is 491 g/mol. The monoisotopic (exact) mass is 490 g/mol. The van der Waals surface area contributed by atoms with Crippen LogP contribution in [-0.4, -0.2) is 43.6 Å². The first-order valence-corrected chi connectivity index (χ1v) is 14.3. The summed E-state index contributed by atoms with van der Waals surface area (Å²) in [7, 11) is 0. The standard InChI is InChI=1S/C29H50N2O4/c1-2-3-4-5-6-7-8-9-10-11-12-13-14-17-20-33-23-26-21-28(34-24-26)25-35-29(32)31-22-27-18-15-16-19-30-27/h15-16,18-19,26,28H,2-14,17,20-25H2,1H3,(H,31,32). The van der Waals surface area contributed by atoms with Crippen molar-refractivity contribution in [2.45, 2.75) is 116 Å². The molecule has 0 saturated carbocycles. The zero-order chi connectivity index (χ0) is 24.8. The molecule has 6 nitrogen and oxygen atoms in total. The van der Waals surface area contributed by atoms with Crippen molar-refractivity contribution in [1.29, 1.82) is 0 Å². The van der Waals surface area contributed by atoms with Gasteiger partial charge in [0.25, 0.3) is 0 Å². The number of alkyl carbamates (subject to hydrolysis) is 1. The molecule has 2 rings (SSSR count). The quantitative estimate of drug-likeness (QED) is 0.184. The molecule has 0 bridgehead atoms. The number of hydrogen-bond donors (Lipinski definition) is 1. The van der Waals surface area contributed by atoms with E-state index in [9.17, 15) is 4.79 Å². The molecule has 0 radical (unpaired) electrons. The first-order valence-electron chi connectivity index (χ1n) is 14.3. The Labute approximate surface area is 213 Å². The number of unbranched alkanes of at least 4 members (excludes halogenated alkanes) is 13. The van der Waals surface area contributed by atoms with E-state index in [0.717, 1.165) is 31.7 Å². The van der Waals surface area contributed by atoms with Gasteiger partial charge in [0, 0.05) is 18.7 Å². The van der Waals surface area contributed by atoms with Crippen molar-refractivity contribution in [3.63, 3.8) is 0 Å². The maximum absolute atomic E-state index is 11.9. The Morgan fingerprint density at radius 2 is 1.60 bits per heavy atom. The molecule has 0 aliphatic carbocycles. The fourth-order valence-electron chi connectivity index (χ4n) is 4.55. The van der Waals surface area contributed by atoms with Gasteiger partial charge in [-0.2, -0.15) is 0 Å². The van der Waals surface area contributed by atoms with Crippen LogP contribution in [0.2, 0.25) is 0 Å². The molecule has 1 saturated heterocycles. The lowest BCUT2D eigenvalue weighted by Crippen LogP contribution is -2.27. The molecule has 0 spiro atoms. The molecule has 0 aromatic carbocycles. The third kappa shape index (κ3) is 15.8. The summed E-state index contributed by atoms with van der Waals surface area (Å²) in [5, 5.41) is 2.72. The molecule has 1 amide bonds. The van der Waals surface area contributed by atoms with E-state index in [1.807, 2.05) is 18.2 Å². The van der Waals surface area contributed by atoms with E-state index in [1.165, 1.54) is 83.5 Å². The molecule has 1 aromatic heterocycles. The van der Waals surface area contributed by atoms with Gasteiger partial charge in [-0.25, -0.2) is 4.79 Å². The van der Waals surface area contributed by atoms with E-state index in [1.54, 1.807) is 6.20 Å². The number of aromatic nitrogens is 1. The summed E-state index contributed by atoms with van der Waals surface area (Å²) in [5.41, 5.74) is 0.803. The summed E-state index contributed by atoms with van der Waals surface area (Å²) in [6.45, 7) is 5.18. The fourth-order valence-corrected chi connectivity index (χ4v) is 4.55. The highest BCUT2D eigenvalue weighted by atomic mass is 16.6. The van der Waals surface area contributed by atoms with Gasteiger partial charge in [-0.15, -0.1) is 0 Å². The largest absolute Gasteiger partial charge is 0.447 e. The van der Waals surface area contributed by atoms with Crippen LogP contribution < -0.4 is 5.32 Å². The predicted molar refractivity (Wildman–Crippen MR) is 141 cm³/mol. The lowest BCUT2D eigenvalue weighted by Gasteiger charge is -2.11. The number of hydrogen-bond acceptors (Lipinski definition) is 5. The van der Waals surface area contributed by atoms with E-state index in [4.69, 9.17) is 14.2 Å². The van der Waals surface area contributed by atoms with Gasteiger partial charge >= 0.3 is 6.09 Å². The van der Waals surface area contributed by atoms with E-state index in [2.05, 4.69) is 17.2 Å². The predicted octanol–water partition coefficient (Wildman–Crippen LogP) is 7.21. The summed E-state index contributed by atoms with van der Waals surface area (Å²) in [4.78, 5) is 16.0. The van der Waals surface area contributed by atoms with Gasteiger partial charge in [0.05, 0.1) is 31.6 Å². The number of ether oxygens (including phenoxy) is 3. The molecule has 2 unspecified atom stereocenters. The van der Waals surface area contributed by atoms with E-state index in [-0.39, 0.29) is 12.7 Å². The summed E-state index contributed by atoms with van der Waals surface area (Å²) >= 11 is 0. The minimum Gasteiger partial charge on any atom is -0.447 e. The zero-order valence-electron chi connectivity index (χ0n) is 22.2. The number of amides is 1. The topological polar surface area (TPSA) is 69.7 Å². The normalized spacial score (nSPS) is 17.5. The smallest absolute Gasteiger partial charge is 0.407 e. The number of nitrogens with one attached hydrogen (secondary N) is 1. The van der Waals surface area contributed by atoms with Crippen LogP contribution in [0.15, 0.2) is 24.4 Å². The summed E-state index contributed by atoms with van der Waals surface area (Å²) in [6, 6.07) is 5.60. The summed E-state index contributed by atoms with van der Waals surface area (Å²) < 4.78 is 16.9. The summed E-state index contributed by atoms with van der Waals surface area (Å²) in [5.74, 6) is 0.395. The highest BCUT2D eigenvalue weighted by molar-refractivity contribution is 5.67. The minimum absolute atomic E-state index is 0.0368. The van der Waals surface area contributed by atoms with E-state index < -0.39 is 6.09 Å². The highest BCUT2D eigenvalue weighted by Gasteiger charge is 2.26. The van der Waals surface area contributed by atoms with Gasteiger partial charge in [0.2, 0.25) is 0 Å². The van der Waals surface area contributed by atoms with Crippen LogP contribution in [0.25, 0.3) is 0 Å². The van der Waals surface area contributed by atoms with Crippen molar-refractivity contribution >= 4 is 6.09 Å². The molecule has 1 fully saturated rings. The van der Waals surface area contributed by atoms with Crippen molar-refractivity contribution in [3.05, 3.63) is 30.1 Å². The van der Waals surface area contributed by atoms with Crippen LogP contribution in [0.1, 0.15) is 109 Å². The Morgan fingerprint density at radius 3 is 2.23 bits per heavy atom. The zero-order valence-corrected chi connectivity index (χ0v) is 22.2. The second-order valence-corrected chi connectivity index (χ2v) is 10.0. The van der Waals surface area contributed by atoms with Gasteiger partial charge in [-0.1, -0.05) is 96.5 Å². The lowest BCUT2D eigenvalue weighted by atomic mass is 10.0. The highest BCUT2D eigenvalue weighted by Crippen LogP contribution is 2.20. The molecular formula is C29H50N2O4. The molecule has 35 heavy (non-hydrogen) atoms. The molecule has 1 aromatic rings. The van der Waals surface area contributed by atoms with Gasteiger partial charge < -0.3 is 19.5 Å². The van der Waals surface area contributed by atoms with E-state index in [0.29, 0.717) is 19.1 Å². The Bertz CT molecular complexity index is 628. The minimum atomic E-state index is -0.434. The van der Waals surface area contributed by atoms with Gasteiger partial charge in [-0.05, 0) is 25.0 Å². The van der Waals surface area contributed by atoms with Gasteiger partial charge in [0.1, 0.15) is 6.61 Å². The third-order valence-electron chi connectivity index (χ3n) is 6.70. The first kappa shape index (κ1) is 29.6. The van der Waals surface area contributed by atoms with Crippen LogP contribution in [0, 0.1) is 5.92 Å². The van der Waals surface area contributed by atoms with Crippen molar-refractivity contribution < 1.29 is 19.0 Å². The van der Waals surface area contributed by atoms with E-state index >= 15 is 0 Å².